The number of furan rings is 1. The summed E-state index contributed by atoms with van der Waals surface area (Å²) in [6.07, 6.45) is -1.62. The van der Waals surface area contributed by atoms with Gasteiger partial charge in [-0.3, -0.25) is 4.31 Å². The third-order valence-electron chi connectivity index (χ3n) is 7.65. The summed E-state index contributed by atoms with van der Waals surface area (Å²) in [5.74, 6) is -0.0157. The number of aliphatic hydroxyl groups is 2. The Morgan fingerprint density at radius 3 is 2.25 bits per heavy atom. The normalized spacial score (nSPS) is 14.3. The molecule has 2 N–H and O–H groups in total. The van der Waals surface area contributed by atoms with Crippen LogP contribution in [-0.4, -0.2) is 67.9 Å². The molecule has 0 bridgehead atoms. The molecule has 0 aliphatic carbocycles. The van der Waals surface area contributed by atoms with Crippen LogP contribution < -0.4 is 9.21 Å². The molecule has 0 unspecified atom stereocenters. The van der Waals surface area contributed by atoms with Gasteiger partial charge in [0.1, 0.15) is 11.2 Å². The number of ether oxygens (including phenoxy) is 1. The van der Waals surface area contributed by atoms with E-state index in [-0.39, 0.29) is 23.3 Å². The molecule has 1 aliphatic rings. The summed E-state index contributed by atoms with van der Waals surface area (Å²) in [6.45, 7) is 9.73. The molecule has 0 spiro atoms. The van der Waals surface area contributed by atoms with E-state index in [9.17, 15) is 23.4 Å². The van der Waals surface area contributed by atoms with E-state index in [0.717, 1.165) is 11.3 Å². The van der Waals surface area contributed by atoms with Crippen LogP contribution in [0.5, 0.6) is 0 Å². The molecular formula is C33H39N3O7S. The van der Waals surface area contributed by atoms with Gasteiger partial charge < -0.3 is 29.2 Å². The van der Waals surface area contributed by atoms with Gasteiger partial charge in [-0.15, -0.1) is 0 Å². The number of piperazine rings is 1. The van der Waals surface area contributed by atoms with Gasteiger partial charge >= 0.3 is 6.09 Å². The first-order chi connectivity index (χ1) is 20.8. The van der Waals surface area contributed by atoms with Crippen LogP contribution in [0.1, 0.15) is 43.9 Å². The maximum absolute atomic E-state index is 14.2. The fourth-order valence-electron chi connectivity index (χ4n) is 5.32. The molecular weight excluding hydrogens is 582 g/mol. The number of fused-ring (bicyclic) bond motifs is 1. The van der Waals surface area contributed by atoms with E-state index >= 15 is 0 Å². The lowest BCUT2D eigenvalue weighted by Crippen LogP contribution is -2.50. The van der Waals surface area contributed by atoms with E-state index < -0.39 is 21.9 Å². The molecule has 3 aromatic carbocycles. The number of benzene rings is 3. The van der Waals surface area contributed by atoms with Gasteiger partial charge in [-0.1, -0.05) is 30.3 Å². The summed E-state index contributed by atoms with van der Waals surface area (Å²) >= 11 is 0. The zero-order chi connectivity index (χ0) is 31.6. The van der Waals surface area contributed by atoms with Crippen LogP contribution in [0.4, 0.5) is 16.2 Å². The van der Waals surface area contributed by atoms with Crippen molar-refractivity contribution >= 4 is 38.5 Å². The zero-order valence-corrected chi connectivity index (χ0v) is 26.3. The Hall–Kier alpha value is -4.06. The van der Waals surface area contributed by atoms with E-state index in [2.05, 4.69) is 4.90 Å². The Kier molecular flexibility index (Phi) is 8.92. The summed E-state index contributed by atoms with van der Waals surface area (Å²) in [5, 5.41) is 19.8. The highest BCUT2D eigenvalue weighted by atomic mass is 32.2. The van der Waals surface area contributed by atoms with E-state index in [1.807, 2.05) is 63.2 Å². The number of anilines is 2. The second-order valence-corrected chi connectivity index (χ2v) is 13.8. The van der Waals surface area contributed by atoms with Crippen molar-refractivity contribution in [2.75, 3.05) is 41.9 Å². The van der Waals surface area contributed by atoms with Crippen molar-refractivity contribution in [2.24, 2.45) is 0 Å². The van der Waals surface area contributed by atoms with Crippen molar-refractivity contribution in [2.45, 2.75) is 50.9 Å². The maximum Gasteiger partial charge on any atom is 0.410 e. The smallest absolute Gasteiger partial charge is 0.410 e. The first-order valence-corrected chi connectivity index (χ1v) is 16.1. The summed E-state index contributed by atoms with van der Waals surface area (Å²) in [7, 11) is -4.02. The monoisotopic (exact) mass is 621 g/mol. The van der Waals surface area contributed by atoms with Gasteiger partial charge in [-0.25, -0.2) is 13.2 Å². The number of aryl methyl sites for hydroxylation is 1. The number of amides is 1. The van der Waals surface area contributed by atoms with Crippen molar-refractivity contribution in [3.8, 4) is 0 Å². The fraction of sp³-hybridized carbons (Fsp3) is 0.364. The van der Waals surface area contributed by atoms with Crippen LogP contribution in [0.25, 0.3) is 11.0 Å². The molecule has 234 valence electrons. The molecule has 10 nitrogen and oxygen atoms in total. The maximum atomic E-state index is 14.2. The van der Waals surface area contributed by atoms with E-state index in [1.165, 1.54) is 22.5 Å². The average Bonchev–Trinajstić information content (AvgIpc) is 3.33. The highest BCUT2D eigenvalue weighted by molar-refractivity contribution is 7.92. The molecule has 1 aliphatic heterocycles. The molecule has 1 fully saturated rings. The highest BCUT2D eigenvalue weighted by Crippen LogP contribution is 2.33. The van der Waals surface area contributed by atoms with E-state index in [1.54, 1.807) is 24.0 Å². The standard InChI is InChI=1S/C33H39N3O7S/c1-23-28-22-27(14-15-29(28)42-30(23)31(37)38)44(40,41)36(17-16-24-8-6-5-7-9-24)26-12-10-25(11-13-26)34-18-20-35(21-19-34)32(39)43-33(2,3)4/h5-15,22,31,37-38H,16-21H2,1-4H3. The second-order valence-electron chi connectivity index (χ2n) is 11.9. The second kappa shape index (κ2) is 12.5. The van der Waals surface area contributed by atoms with Gasteiger partial charge in [0.15, 0.2) is 5.76 Å². The van der Waals surface area contributed by atoms with Crippen molar-refractivity contribution in [3.05, 3.63) is 89.7 Å². The number of aliphatic hydroxyl groups excluding tert-OH is 1. The van der Waals surface area contributed by atoms with E-state index in [0.29, 0.717) is 54.8 Å². The van der Waals surface area contributed by atoms with Crippen LogP contribution in [0.2, 0.25) is 0 Å². The minimum atomic E-state index is -4.02. The first kappa shape index (κ1) is 31.4. The number of carbonyl (C=O) groups excluding carboxylic acids is 1. The van der Waals surface area contributed by atoms with Gasteiger partial charge in [-0.05, 0) is 82.1 Å². The molecule has 44 heavy (non-hydrogen) atoms. The largest absolute Gasteiger partial charge is 0.455 e. The SMILES string of the molecule is Cc1c(C(O)O)oc2ccc(S(=O)(=O)N(CCc3ccccc3)c3ccc(N4CCN(C(=O)OC(C)(C)C)CC4)cc3)cc12. The third-order valence-corrected chi connectivity index (χ3v) is 9.47. The average molecular weight is 622 g/mol. The number of nitrogens with zero attached hydrogens (tertiary/aromatic N) is 3. The quantitative estimate of drug-likeness (QED) is 0.257. The minimum Gasteiger partial charge on any atom is -0.455 e. The van der Waals surface area contributed by atoms with Gasteiger partial charge in [0.25, 0.3) is 10.0 Å². The van der Waals surface area contributed by atoms with Crippen LogP contribution in [0, 0.1) is 6.92 Å². The van der Waals surface area contributed by atoms with Crippen molar-refractivity contribution in [1.82, 2.24) is 4.90 Å². The summed E-state index contributed by atoms with van der Waals surface area (Å²) in [5.41, 5.74) is 2.76. The molecule has 2 heterocycles. The Labute approximate surface area is 258 Å². The molecule has 1 saturated heterocycles. The molecule has 0 atom stereocenters. The summed E-state index contributed by atoms with van der Waals surface area (Å²) in [4.78, 5) is 16.4. The lowest BCUT2D eigenvalue weighted by atomic mass is 10.1. The number of rotatable bonds is 8. The number of hydrogen-bond acceptors (Lipinski definition) is 8. The number of sulfonamides is 1. The number of carbonyl (C=O) groups is 1. The Morgan fingerprint density at radius 2 is 1.64 bits per heavy atom. The molecule has 0 radical (unpaired) electrons. The van der Waals surface area contributed by atoms with Gasteiger partial charge in [0.2, 0.25) is 6.29 Å². The van der Waals surface area contributed by atoms with Crippen LogP contribution in [-0.2, 0) is 21.2 Å². The molecule has 1 amide bonds. The zero-order valence-electron chi connectivity index (χ0n) is 25.4. The van der Waals surface area contributed by atoms with Crippen LogP contribution >= 0.6 is 0 Å². The van der Waals surface area contributed by atoms with E-state index in [4.69, 9.17) is 9.15 Å². The topological polar surface area (TPSA) is 124 Å². The molecule has 1 aromatic heterocycles. The van der Waals surface area contributed by atoms with Crippen LogP contribution in [0.3, 0.4) is 0 Å². The Balaban J connectivity index is 1.39. The third kappa shape index (κ3) is 6.85. The van der Waals surface area contributed by atoms with Crippen molar-refractivity contribution < 1.29 is 32.6 Å². The predicted molar refractivity (Wildman–Crippen MR) is 169 cm³/mol. The fourth-order valence-corrected chi connectivity index (χ4v) is 6.81. The summed E-state index contributed by atoms with van der Waals surface area (Å²) in [6, 6.07) is 21.7. The van der Waals surface area contributed by atoms with Crippen LogP contribution in [0.15, 0.2) is 82.1 Å². The minimum absolute atomic E-state index is 0.0157. The lowest BCUT2D eigenvalue weighted by molar-refractivity contribution is -0.0576. The van der Waals surface area contributed by atoms with Crippen molar-refractivity contribution in [3.63, 3.8) is 0 Å². The predicted octanol–water partition coefficient (Wildman–Crippen LogP) is 5.22. The molecule has 5 rings (SSSR count). The molecule has 4 aromatic rings. The Bertz CT molecular complexity index is 1700. The lowest BCUT2D eigenvalue weighted by Gasteiger charge is -2.37. The van der Waals surface area contributed by atoms with Gasteiger partial charge in [-0.2, -0.15) is 0 Å². The van der Waals surface area contributed by atoms with Crippen molar-refractivity contribution in [1.29, 1.82) is 0 Å². The molecule has 11 heteroatoms. The first-order valence-electron chi connectivity index (χ1n) is 14.6. The number of hydrogen-bond donors (Lipinski definition) is 2. The summed E-state index contributed by atoms with van der Waals surface area (Å²) < 4.78 is 40.8. The van der Waals surface area contributed by atoms with Gasteiger partial charge in [0.05, 0.1) is 10.6 Å². The Morgan fingerprint density at radius 1 is 0.977 bits per heavy atom. The molecule has 0 saturated carbocycles. The van der Waals surface area contributed by atoms with Gasteiger partial charge in [0, 0.05) is 49.4 Å². The highest BCUT2D eigenvalue weighted by Gasteiger charge is 2.28.